The van der Waals surface area contributed by atoms with Crippen molar-refractivity contribution in [2.45, 2.75) is 43.0 Å². The molecular formula is C9H16O4S. The Hall–Kier alpha value is -0.420. The molecule has 1 aliphatic rings. The zero-order valence-electron chi connectivity index (χ0n) is 8.27. The van der Waals surface area contributed by atoms with Crippen LogP contribution in [-0.4, -0.2) is 36.9 Å². The Morgan fingerprint density at radius 3 is 2.29 bits per heavy atom. The smallest absolute Gasteiger partial charge is 0.150 e. The first-order chi connectivity index (χ1) is 6.37. The van der Waals surface area contributed by atoms with Gasteiger partial charge in [-0.25, -0.2) is 8.42 Å². The molecule has 0 aliphatic heterocycles. The van der Waals surface area contributed by atoms with Gasteiger partial charge in [-0.05, 0) is 25.7 Å². The van der Waals surface area contributed by atoms with E-state index in [1.165, 1.54) is 6.26 Å². The summed E-state index contributed by atoms with van der Waals surface area (Å²) in [6.45, 7) is 0. The first kappa shape index (κ1) is 11.7. The largest absolute Gasteiger partial charge is 0.389 e. The molecule has 0 heterocycles. The summed E-state index contributed by atoms with van der Waals surface area (Å²) in [7, 11) is -2.99. The van der Waals surface area contributed by atoms with Crippen LogP contribution in [0.5, 0.6) is 0 Å². The molecule has 14 heavy (non-hydrogen) atoms. The number of rotatable bonds is 3. The van der Waals surface area contributed by atoms with Gasteiger partial charge >= 0.3 is 0 Å². The lowest BCUT2D eigenvalue weighted by Crippen LogP contribution is -2.38. The molecule has 0 radical (unpaired) electrons. The van der Waals surface area contributed by atoms with Gasteiger partial charge in [-0.3, -0.25) is 0 Å². The fourth-order valence-corrected chi connectivity index (χ4v) is 3.01. The zero-order chi connectivity index (χ0) is 10.8. The maximum atomic E-state index is 11.2. The maximum absolute atomic E-state index is 11.2. The second-order valence-corrected chi connectivity index (χ2v) is 6.45. The van der Waals surface area contributed by atoms with Crippen LogP contribution in [0, 0.1) is 0 Å². The van der Waals surface area contributed by atoms with Crippen molar-refractivity contribution < 1.29 is 18.3 Å². The number of hydrogen-bond acceptors (Lipinski definition) is 4. The molecule has 1 fully saturated rings. The normalized spacial score (nSPS) is 34.0. The molecule has 0 aromatic carbocycles. The van der Waals surface area contributed by atoms with E-state index in [1.807, 2.05) is 0 Å². The first-order valence-electron chi connectivity index (χ1n) is 4.72. The molecule has 82 valence electrons. The molecule has 5 heteroatoms. The lowest BCUT2D eigenvalue weighted by Gasteiger charge is -2.33. The van der Waals surface area contributed by atoms with E-state index >= 15 is 0 Å². The number of carbonyl (C=O) groups is 1. The van der Waals surface area contributed by atoms with Gasteiger partial charge in [0.1, 0.15) is 16.1 Å². The fraction of sp³-hybridized carbons (Fsp3) is 0.889. The number of carbonyl (C=O) groups excluding carboxylic acids is 1. The molecule has 1 saturated carbocycles. The summed E-state index contributed by atoms with van der Waals surface area (Å²) in [6, 6.07) is 0. The van der Waals surface area contributed by atoms with E-state index in [4.69, 9.17) is 0 Å². The van der Waals surface area contributed by atoms with E-state index in [0.29, 0.717) is 32.0 Å². The van der Waals surface area contributed by atoms with Gasteiger partial charge in [-0.15, -0.1) is 0 Å². The summed E-state index contributed by atoms with van der Waals surface area (Å²) in [5, 5.41) is 9.49. The number of aliphatic hydroxyl groups is 1. The molecule has 0 amide bonds. The molecule has 0 unspecified atom stereocenters. The molecule has 1 aliphatic carbocycles. The molecule has 0 aromatic heterocycles. The average Bonchev–Trinajstić information content (AvgIpc) is 2.03. The van der Waals surface area contributed by atoms with Crippen molar-refractivity contribution in [3.05, 3.63) is 0 Å². The van der Waals surface area contributed by atoms with Crippen LogP contribution in [0.1, 0.15) is 32.1 Å². The summed E-state index contributed by atoms with van der Waals surface area (Å²) in [4.78, 5) is 10.3. The second kappa shape index (κ2) is 3.98. The molecule has 0 atom stereocenters. The molecule has 0 spiro atoms. The molecule has 1 rings (SSSR count). The van der Waals surface area contributed by atoms with E-state index in [2.05, 4.69) is 0 Å². The van der Waals surface area contributed by atoms with Crippen LogP contribution in [0.15, 0.2) is 0 Å². The van der Waals surface area contributed by atoms with Crippen molar-refractivity contribution in [2.75, 3.05) is 6.26 Å². The molecule has 4 nitrogen and oxygen atoms in total. The van der Waals surface area contributed by atoms with Crippen molar-refractivity contribution in [1.29, 1.82) is 0 Å². The van der Waals surface area contributed by atoms with E-state index in [9.17, 15) is 18.3 Å². The van der Waals surface area contributed by atoms with Crippen LogP contribution in [0.3, 0.4) is 0 Å². The third kappa shape index (κ3) is 2.78. The van der Waals surface area contributed by atoms with Gasteiger partial charge < -0.3 is 9.90 Å². The van der Waals surface area contributed by atoms with Gasteiger partial charge in [0.25, 0.3) is 0 Å². The van der Waals surface area contributed by atoms with E-state index < -0.39 is 15.4 Å². The molecule has 1 N–H and O–H groups in total. The van der Waals surface area contributed by atoms with Crippen LogP contribution < -0.4 is 0 Å². The van der Waals surface area contributed by atoms with Gasteiger partial charge in [0.15, 0.2) is 0 Å². The van der Waals surface area contributed by atoms with Crippen LogP contribution in [0.2, 0.25) is 0 Å². The monoisotopic (exact) mass is 220 g/mol. The standard InChI is InChI=1S/C9H16O4S/c1-14(12,13)8-2-4-9(11,5-3-8)6-7-10/h7-8,11H,2-6H2,1H3/t8-,9-. The Kier molecular flexibility index (Phi) is 3.32. The summed E-state index contributed by atoms with van der Waals surface area (Å²) in [5.41, 5.74) is -0.955. The van der Waals surface area contributed by atoms with Gasteiger partial charge in [0.05, 0.1) is 10.9 Å². The Morgan fingerprint density at radius 1 is 1.43 bits per heavy atom. The number of sulfone groups is 1. The Labute approximate surface area is 84.2 Å². The predicted octanol–water partition coefficient (Wildman–Crippen LogP) is 0.294. The van der Waals surface area contributed by atoms with Crippen molar-refractivity contribution in [2.24, 2.45) is 0 Å². The molecule has 0 saturated heterocycles. The van der Waals surface area contributed by atoms with Crippen LogP contribution in [0.25, 0.3) is 0 Å². The SMILES string of the molecule is CS(=O)(=O)[C@H]1CC[C@@](O)(CC=O)CC1. The quantitative estimate of drug-likeness (QED) is 0.694. The van der Waals surface area contributed by atoms with E-state index in [-0.39, 0.29) is 11.7 Å². The third-order valence-corrected chi connectivity index (χ3v) is 4.61. The maximum Gasteiger partial charge on any atom is 0.150 e. The first-order valence-corrected chi connectivity index (χ1v) is 6.68. The lowest BCUT2D eigenvalue weighted by atomic mass is 9.83. The predicted molar refractivity (Wildman–Crippen MR) is 52.7 cm³/mol. The van der Waals surface area contributed by atoms with E-state index in [1.54, 1.807) is 0 Å². The van der Waals surface area contributed by atoms with Crippen molar-refractivity contribution in [3.8, 4) is 0 Å². The summed E-state index contributed by atoms with van der Waals surface area (Å²) in [5.74, 6) is 0. The Morgan fingerprint density at radius 2 is 1.93 bits per heavy atom. The number of hydrogen-bond donors (Lipinski definition) is 1. The Balaban J connectivity index is 2.58. The average molecular weight is 220 g/mol. The zero-order valence-corrected chi connectivity index (χ0v) is 9.09. The van der Waals surface area contributed by atoms with Crippen molar-refractivity contribution in [3.63, 3.8) is 0 Å². The second-order valence-electron chi connectivity index (χ2n) is 4.12. The highest BCUT2D eigenvalue weighted by molar-refractivity contribution is 7.91. The summed E-state index contributed by atoms with van der Waals surface area (Å²) < 4.78 is 22.4. The molecule has 0 bridgehead atoms. The van der Waals surface area contributed by atoms with Gasteiger partial charge in [0, 0.05) is 12.7 Å². The highest BCUT2D eigenvalue weighted by Crippen LogP contribution is 2.33. The summed E-state index contributed by atoms with van der Waals surface area (Å²) >= 11 is 0. The van der Waals surface area contributed by atoms with Crippen LogP contribution >= 0.6 is 0 Å². The van der Waals surface area contributed by atoms with E-state index in [0.717, 1.165) is 0 Å². The molecular weight excluding hydrogens is 204 g/mol. The van der Waals surface area contributed by atoms with Crippen molar-refractivity contribution in [1.82, 2.24) is 0 Å². The van der Waals surface area contributed by atoms with Gasteiger partial charge in [-0.1, -0.05) is 0 Å². The minimum Gasteiger partial charge on any atom is -0.389 e. The summed E-state index contributed by atoms with van der Waals surface area (Å²) in [6.07, 6.45) is 3.77. The fourth-order valence-electron chi connectivity index (χ4n) is 1.92. The minimum atomic E-state index is -2.99. The topological polar surface area (TPSA) is 71.4 Å². The molecule has 0 aromatic rings. The minimum absolute atomic E-state index is 0.115. The Bertz CT molecular complexity index is 299. The van der Waals surface area contributed by atoms with Gasteiger partial charge in [0.2, 0.25) is 0 Å². The van der Waals surface area contributed by atoms with Crippen LogP contribution in [0.4, 0.5) is 0 Å². The van der Waals surface area contributed by atoms with Crippen LogP contribution in [-0.2, 0) is 14.6 Å². The highest BCUT2D eigenvalue weighted by Gasteiger charge is 2.36. The third-order valence-electron chi connectivity index (χ3n) is 2.93. The number of aldehydes is 1. The highest BCUT2D eigenvalue weighted by atomic mass is 32.2. The van der Waals surface area contributed by atoms with Gasteiger partial charge in [-0.2, -0.15) is 0 Å². The van der Waals surface area contributed by atoms with Crippen molar-refractivity contribution >= 4 is 16.1 Å². The lowest BCUT2D eigenvalue weighted by molar-refractivity contribution is -0.113.